The van der Waals surface area contributed by atoms with Crippen LogP contribution in [0.15, 0.2) is 33.7 Å². The summed E-state index contributed by atoms with van der Waals surface area (Å²) in [6, 6.07) is 7.09. The molecule has 1 saturated heterocycles. The molecule has 2 atom stereocenters. The zero-order chi connectivity index (χ0) is 16.4. The molecule has 6 heteroatoms. The van der Waals surface area contributed by atoms with Gasteiger partial charge in [-0.15, -0.1) is 11.8 Å². The van der Waals surface area contributed by atoms with Gasteiger partial charge in [0, 0.05) is 11.5 Å². The molecule has 1 fully saturated rings. The van der Waals surface area contributed by atoms with E-state index in [0.717, 1.165) is 23.7 Å². The fraction of sp³-hybridized carbons (Fsp3) is 0.529. The van der Waals surface area contributed by atoms with E-state index in [2.05, 4.69) is 30.9 Å². The zero-order valence-electron chi connectivity index (χ0n) is 13.7. The molecular formula is C17H22N2O3S. The van der Waals surface area contributed by atoms with Crippen LogP contribution in [0.2, 0.25) is 0 Å². The van der Waals surface area contributed by atoms with E-state index in [1.54, 1.807) is 23.9 Å². The number of phenols is 1. The van der Waals surface area contributed by atoms with Crippen molar-refractivity contribution in [2.24, 2.45) is 5.41 Å². The van der Waals surface area contributed by atoms with Crippen LogP contribution in [0.5, 0.6) is 5.75 Å². The third kappa shape index (κ3) is 3.87. The average molecular weight is 334 g/mol. The Kier molecular flexibility index (Phi) is 4.64. The van der Waals surface area contributed by atoms with Gasteiger partial charge in [0.2, 0.25) is 5.89 Å². The monoisotopic (exact) mass is 334 g/mol. The maximum absolute atomic E-state index is 9.30. The Hall–Kier alpha value is -1.53. The Morgan fingerprint density at radius 1 is 1.26 bits per heavy atom. The Morgan fingerprint density at radius 3 is 2.70 bits per heavy atom. The highest BCUT2D eigenvalue weighted by Crippen LogP contribution is 2.39. The normalized spacial score (nSPS) is 21.7. The molecule has 23 heavy (non-hydrogen) atoms. The number of phenolic OH excluding ortho intramolecular Hbond substituents is 1. The molecule has 0 aliphatic carbocycles. The van der Waals surface area contributed by atoms with Crippen molar-refractivity contribution < 1.29 is 14.4 Å². The molecule has 0 radical (unpaired) electrons. The van der Waals surface area contributed by atoms with Crippen LogP contribution < -0.4 is 0 Å². The van der Waals surface area contributed by atoms with Crippen LogP contribution in [0, 0.1) is 5.41 Å². The summed E-state index contributed by atoms with van der Waals surface area (Å²) < 4.78 is 11.3. The van der Waals surface area contributed by atoms with Crippen LogP contribution >= 0.6 is 11.8 Å². The highest BCUT2D eigenvalue weighted by molar-refractivity contribution is 7.98. The van der Waals surface area contributed by atoms with Crippen molar-refractivity contribution >= 4 is 11.8 Å². The van der Waals surface area contributed by atoms with Crippen molar-refractivity contribution in [1.82, 2.24) is 10.1 Å². The molecule has 5 nitrogen and oxygen atoms in total. The summed E-state index contributed by atoms with van der Waals surface area (Å²) in [6.45, 7) is 7.28. The Balaban J connectivity index is 1.65. The smallest absolute Gasteiger partial charge is 0.237 e. The van der Waals surface area contributed by atoms with Crippen LogP contribution in [0.3, 0.4) is 0 Å². The first-order chi connectivity index (χ1) is 10.9. The SMILES string of the molecule is CC(C)(C)[C@H]1OCC[C@@H]1c1noc(CSc2ccc(O)cc2)n1. The van der Waals surface area contributed by atoms with Gasteiger partial charge in [0.15, 0.2) is 5.82 Å². The lowest BCUT2D eigenvalue weighted by atomic mass is 9.81. The number of benzene rings is 1. The number of ether oxygens (including phenoxy) is 1. The van der Waals surface area contributed by atoms with Gasteiger partial charge in [0.25, 0.3) is 0 Å². The maximum atomic E-state index is 9.30. The third-order valence-electron chi connectivity index (χ3n) is 3.96. The molecule has 0 bridgehead atoms. The summed E-state index contributed by atoms with van der Waals surface area (Å²) in [4.78, 5) is 5.62. The second-order valence-electron chi connectivity index (χ2n) is 6.88. The molecule has 2 aromatic rings. The lowest BCUT2D eigenvalue weighted by Crippen LogP contribution is -2.30. The predicted molar refractivity (Wildman–Crippen MR) is 88.5 cm³/mol. The van der Waals surface area contributed by atoms with Crippen molar-refractivity contribution in [2.75, 3.05) is 6.61 Å². The van der Waals surface area contributed by atoms with E-state index in [1.807, 2.05) is 12.1 Å². The molecule has 1 aromatic carbocycles. The van der Waals surface area contributed by atoms with E-state index >= 15 is 0 Å². The van der Waals surface area contributed by atoms with Crippen LogP contribution in [-0.4, -0.2) is 28.0 Å². The second-order valence-corrected chi connectivity index (χ2v) is 7.93. The van der Waals surface area contributed by atoms with Crippen molar-refractivity contribution in [2.45, 2.75) is 49.9 Å². The fourth-order valence-corrected chi connectivity index (χ4v) is 3.61. The Morgan fingerprint density at radius 2 is 2.00 bits per heavy atom. The summed E-state index contributed by atoms with van der Waals surface area (Å²) in [5.41, 5.74) is 0.0583. The summed E-state index contributed by atoms with van der Waals surface area (Å²) in [6.07, 6.45) is 1.06. The highest BCUT2D eigenvalue weighted by Gasteiger charge is 2.40. The van der Waals surface area contributed by atoms with E-state index in [9.17, 15) is 5.11 Å². The molecular weight excluding hydrogens is 312 g/mol. The van der Waals surface area contributed by atoms with Crippen LogP contribution in [0.25, 0.3) is 0 Å². The standard InChI is InChI=1S/C17H22N2O3S/c1-17(2,3)15-13(8-9-21-15)16-18-14(22-19-16)10-23-12-6-4-11(20)5-7-12/h4-7,13,15,20H,8-10H2,1-3H3/t13-,15-/m0/s1. The Bertz CT molecular complexity index is 649. The molecule has 1 N–H and O–H groups in total. The van der Waals surface area contributed by atoms with E-state index in [4.69, 9.17) is 9.26 Å². The second kappa shape index (κ2) is 6.53. The van der Waals surface area contributed by atoms with Crippen molar-refractivity contribution in [3.8, 4) is 5.75 Å². The largest absolute Gasteiger partial charge is 0.508 e. The minimum Gasteiger partial charge on any atom is -0.508 e. The number of thioether (sulfide) groups is 1. The van der Waals surface area contributed by atoms with E-state index in [1.165, 1.54) is 0 Å². The average Bonchev–Trinajstić information content (AvgIpc) is 3.15. The first kappa shape index (κ1) is 16.3. The Labute approximate surface area is 140 Å². The number of nitrogens with zero attached hydrogens (tertiary/aromatic N) is 2. The van der Waals surface area contributed by atoms with Crippen LogP contribution in [0.4, 0.5) is 0 Å². The lowest BCUT2D eigenvalue weighted by Gasteiger charge is -2.29. The van der Waals surface area contributed by atoms with Gasteiger partial charge in [-0.25, -0.2) is 0 Å². The first-order valence-electron chi connectivity index (χ1n) is 7.79. The van der Waals surface area contributed by atoms with Crippen molar-refractivity contribution in [3.05, 3.63) is 36.0 Å². The van der Waals surface area contributed by atoms with Crippen molar-refractivity contribution in [3.63, 3.8) is 0 Å². The summed E-state index contributed by atoms with van der Waals surface area (Å²) >= 11 is 1.61. The number of aromatic hydroxyl groups is 1. The fourth-order valence-electron chi connectivity index (χ4n) is 2.87. The van der Waals surface area contributed by atoms with E-state index in [-0.39, 0.29) is 23.2 Å². The molecule has 2 heterocycles. The van der Waals surface area contributed by atoms with Gasteiger partial charge >= 0.3 is 0 Å². The lowest BCUT2D eigenvalue weighted by molar-refractivity contribution is 0.0193. The molecule has 0 spiro atoms. The van der Waals surface area contributed by atoms with Gasteiger partial charge in [-0.2, -0.15) is 4.98 Å². The number of rotatable bonds is 4. The predicted octanol–water partition coefficient (Wildman–Crippen LogP) is 3.99. The van der Waals surface area contributed by atoms with Crippen LogP contribution in [-0.2, 0) is 10.5 Å². The van der Waals surface area contributed by atoms with Gasteiger partial charge in [0.05, 0.1) is 17.8 Å². The third-order valence-corrected chi connectivity index (χ3v) is 4.96. The maximum Gasteiger partial charge on any atom is 0.237 e. The van der Waals surface area contributed by atoms with Gasteiger partial charge in [-0.1, -0.05) is 25.9 Å². The van der Waals surface area contributed by atoms with Crippen LogP contribution in [0.1, 0.15) is 44.8 Å². The molecule has 0 saturated carbocycles. The topological polar surface area (TPSA) is 68.4 Å². The van der Waals surface area contributed by atoms with Gasteiger partial charge < -0.3 is 14.4 Å². The molecule has 124 valence electrons. The number of aromatic nitrogens is 2. The molecule has 1 aliphatic rings. The van der Waals surface area contributed by atoms with E-state index in [0.29, 0.717) is 11.6 Å². The number of hydrogen-bond acceptors (Lipinski definition) is 6. The van der Waals surface area contributed by atoms with Crippen molar-refractivity contribution in [1.29, 1.82) is 0 Å². The molecule has 0 unspecified atom stereocenters. The molecule has 1 aromatic heterocycles. The number of hydrogen-bond donors (Lipinski definition) is 1. The summed E-state index contributed by atoms with van der Waals surface area (Å²) in [5, 5.41) is 13.5. The molecule has 0 amide bonds. The highest BCUT2D eigenvalue weighted by atomic mass is 32.2. The van der Waals surface area contributed by atoms with E-state index < -0.39 is 0 Å². The van der Waals surface area contributed by atoms with Gasteiger partial charge in [-0.3, -0.25) is 0 Å². The quantitative estimate of drug-likeness (QED) is 0.853. The summed E-state index contributed by atoms with van der Waals surface area (Å²) in [5.74, 6) is 2.46. The minimum absolute atomic E-state index is 0.0583. The summed E-state index contributed by atoms with van der Waals surface area (Å²) in [7, 11) is 0. The molecule has 1 aliphatic heterocycles. The zero-order valence-corrected chi connectivity index (χ0v) is 14.5. The van der Waals surface area contributed by atoms with Gasteiger partial charge in [0.1, 0.15) is 5.75 Å². The van der Waals surface area contributed by atoms with Gasteiger partial charge in [-0.05, 0) is 36.1 Å². The minimum atomic E-state index is 0.0583. The molecule has 3 rings (SSSR count). The first-order valence-corrected chi connectivity index (χ1v) is 8.78.